The maximum absolute atomic E-state index is 11.9. The summed E-state index contributed by atoms with van der Waals surface area (Å²) in [5.74, 6) is -3.66. The van der Waals surface area contributed by atoms with Gasteiger partial charge in [0, 0.05) is 17.7 Å². The van der Waals surface area contributed by atoms with Gasteiger partial charge in [-0.3, -0.25) is 19.7 Å². The number of hydrogen-bond acceptors (Lipinski definition) is 5. The Morgan fingerprint density at radius 1 is 1.33 bits per heavy atom. The molecule has 21 heavy (non-hydrogen) atoms. The average molecular weight is 296 g/mol. The summed E-state index contributed by atoms with van der Waals surface area (Å²) in [6.07, 6.45) is -0.771. The number of non-ortho nitro benzene ring substituents is 1. The van der Waals surface area contributed by atoms with Crippen molar-refractivity contribution in [2.45, 2.75) is 19.4 Å². The number of carbonyl (C=O) groups is 3. The van der Waals surface area contributed by atoms with Gasteiger partial charge in [-0.15, -0.1) is 0 Å². The highest BCUT2D eigenvalue weighted by atomic mass is 16.6. The van der Waals surface area contributed by atoms with E-state index < -0.39 is 35.2 Å². The minimum absolute atomic E-state index is 0.0391. The number of rotatable bonds is 6. The number of nitro benzene ring substituents is 1. The third-order valence-electron chi connectivity index (χ3n) is 2.65. The molecule has 0 aliphatic heterocycles. The first kappa shape index (κ1) is 16.1. The Labute approximate surface area is 118 Å². The summed E-state index contributed by atoms with van der Waals surface area (Å²) < 4.78 is 0. The molecule has 1 rings (SSSR count). The maximum Gasteiger partial charge on any atom is 0.326 e. The number of aliphatic carboxylic acids is 2. The SMILES string of the molecule is Cc1cc([N+](=O)[O-])ccc1C(=O)N[C@H](CC(=O)O)C(=O)O. The standard InChI is InChI=1S/C12H12N2O7/c1-6-4-7(14(20)21)2-3-8(6)11(17)13-9(12(18)19)5-10(15)16/h2-4,9H,5H2,1H3,(H,13,17)(H,15,16)(H,18,19)/t9-/m1/s1. The fraction of sp³-hybridized carbons (Fsp3) is 0.250. The van der Waals surface area contributed by atoms with Crippen LogP contribution in [0.15, 0.2) is 18.2 Å². The number of carboxylic acids is 2. The molecule has 1 aromatic rings. The Balaban J connectivity index is 2.95. The van der Waals surface area contributed by atoms with Crippen LogP contribution in [0.4, 0.5) is 5.69 Å². The second kappa shape index (κ2) is 6.46. The zero-order chi connectivity index (χ0) is 16.2. The smallest absolute Gasteiger partial charge is 0.326 e. The van der Waals surface area contributed by atoms with Crippen LogP contribution in [-0.4, -0.2) is 39.0 Å². The van der Waals surface area contributed by atoms with E-state index in [-0.39, 0.29) is 16.8 Å². The minimum atomic E-state index is -1.58. The Kier molecular flexibility index (Phi) is 4.95. The lowest BCUT2D eigenvalue weighted by Crippen LogP contribution is -2.42. The van der Waals surface area contributed by atoms with Gasteiger partial charge in [-0.25, -0.2) is 4.79 Å². The molecule has 112 valence electrons. The number of amides is 1. The zero-order valence-electron chi connectivity index (χ0n) is 10.9. The molecular formula is C12H12N2O7. The van der Waals surface area contributed by atoms with Gasteiger partial charge in [0.15, 0.2) is 0 Å². The number of nitrogens with zero attached hydrogens (tertiary/aromatic N) is 1. The Bertz CT molecular complexity index is 612. The third kappa shape index (κ3) is 4.27. The number of aryl methyl sites for hydroxylation is 1. The third-order valence-corrected chi connectivity index (χ3v) is 2.65. The van der Waals surface area contributed by atoms with E-state index in [2.05, 4.69) is 5.32 Å². The highest BCUT2D eigenvalue weighted by molar-refractivity contribution is 5.98. The van der Waals surface area contributed by atoms with E-state index in [1.165, 1.54) is 19.1 Å². The van der Waals surface area contributed by atoms with Crippen LogP contribution in [0, 0.1) is 17.0 Å². The van der Waals surface area contributed by atoms with E-state index in [4.69, 9.17) is 10.2 Å². The second-order valence-corrected chi connectivity index (χ2v) is 4.22. The van der Waals surface area contributed by atoms with Gasteiger partial charge in [-0.05, 0) is 18.6 Å². The highest BCUT2D eigenvalue weighted by Crippen LogP contribution is 2.17. The first-order chi connectivity index (χ1) is 9.72. The lowest BCUT2D eigenvalue weighted by Gasteiger charge is -2.13. The van der Waals surface area contributed by atoms with Gasteiger partial charge in [-0.1, -0.05) is 0 Å². The van der Waals surface area contributed by atoms with Crippen molar-refractivity contribution in [3.8, 4) is 0 Å². The van der Waals surface area contributed by atoms with Crippen LogP contribution in [0.3, 0.4) is 0 Å². The molecule has 9 nitrogen and oxygen atoms in total. The first-order valence-corrected chi connectivity index (χ1v) is 5.73. The van der Waals surface area contributed by atoms with Crippen molar-refractivity contribution < 1.29 is 29.5 Å². The predicted molar refractivity (Wildman–Crippen MR) is 69.0 cm³/mol. The normalized spacial score (nSPS) is 11.5. The monoisotopic (exact) mass is 296 g/mol. The Morgan fingerprint density at radius 3 is 2.38 bits per heavy atom. The minimum Gasteiger partial charge on any atom is -0.481 e. The van der Waals surface area contributed by atoms with Crippen LogP contribution in [0.2, 0.25) is 0 Å². The van der Waals surface area contributed by atoms with Gasteiger partial charge in [0.05, 0.1) is 11.3 Å². The van der Waals surface area contributed by atoms with Crippen molar-refractivity contribution in [1.82, 2.24) is 5.32 Å². The molecule has 1 atom stereocenters. The molecule has 0 radical (unpaired) electrons. The molecule has 1 amide bonds. The molecule has 0 heterocycles. The number of carbonyl (C=O) groups excluding carboxylic acids is 1. The number of carboxylic acid groups (broad SMARTS) is 2. The van der Waals surface area contributed by atoms with E-state index >= 15 is 0 Å². The maximum atomic E-state index is 11.9. The molecule has 0 spiro atoms. The van der Waals surface area contributed by atoms with Crippen LogP contribution in [0.1, 0.15) is 22.3 Å². The second-order valence-electron chi connectivity index (χ2n) is 4.22. The Morgan fingerprint density at radius 2 is 1.95 bits per heavy atom. The molecule has 0 saturated carbocycles. The van der Waals surface area contributed by atoms with Gasteiger partial charge >= 0.3 is 11.9 Å². The van der Waals surface area contributed by atoms with E-state index in [9.17, 15) is 24.5 Å². The van der Waals surface area contributed by atoms with Crippen molar-refractivity contribution in [2.75, 3.05) is 0 Å². The van der Waals surface area contributed by atoms with Crippen LogP contribution < -0.4 is 5.32 Å². The average Bonchev–Trinajstić information content (AvgIpc) is 2.36. The van der Waals surface area contributed by atoms with Gasteiger partial charge in [0.2, 0.25) is 0 Å². The van der Waals surface area contributed by atoms with Crippen LogP contribution in [-0.2, 0) is 9.59 Å². The molecule has 0 fully saturated rings. The largest absolute Gasteiger partial charge is 0.481 e. The zero-order valence-corrected chi connectivity index (χ0v) is 10.9. The molecule has 9 heteroatoms. The van der Waals surface area contributed by atoms with E-state index in [1.54, 1.807) is 0 Å². The van der Waals surface area contributed by atoms with E-state index in [0.29, 0.717) is 0 Å². The van der Waals surface area contributed by atoms with Gasteiger partial charge < -0.3 is 15.5 Å². The number of benzene rings is 1. The fourth-order valence-electron chi connectivity index (χ4n) is 1.63. The summed E-state index contributed by atoms with van der Waals surface area (Å²) in [5, 5.41) is 30.1. The highest BCUT2D eigenvalue weighted by Gasteiger charge is 2.24. The van der Waals surface area contributed by atoms with Crippen LogP contribution in [0.5, 0.6) is 0 Å². The summed E-state index contributed by atoms with van der Waals surface area (Å²) in [5.41, 5.74) is 0.114. The molecule has 3 N–H and O–H groups in total. The summed E-state index contributed by atoms with van der Waals surface area (Å²) in [4.78, 5) is 43.3. The van der Waals surface area contributed by atoms with Crippen molar-refractivity contribution in [3.05, 3.63) is 39.4 Å². The number of nitro groups is 1. The topological polar surface area (TPSA) is 147 Å². The van der Waals surface area contributed by atoms with Gasteiger partial charge in [-0.2, -0.15) is 0 Å². The fourth-order valence-corrected chi connectivity index (χ4v) is 1.63. The molecule has 0 bridgehead atoms. The van der Waals surface area contributed by atoms with Crippen molar-refractivity contribution in [1.29, 1.82) is 0 Å². The molecule has 0 saturated heterocycles. The quantitative estimate of drug-likeness (QED) is 0.513. The molecule has 1 aromatic carbocycles. The predicted octanol–water partition coefficient (Wildman–Crippen LogP) is 0.561. The van der Waals surface area contributed by atoms with Crippen molar-refractivity contribution in [3.63, 3.8) is 0 Å². The molecule has 0 aliphatic rings. The molecule has 0 aliphatic carbocycles. The van der Waals surface area contributed by atoms with Gasteiger partial charge in [0.1, 0.15) is 6.04 Å². The van der Waals surface area contributed by atoms with Crippen LogP contribution >= 0.6 is 0 Å². The summed E-state index contributed by atoms with van der Waals surface area (Å²) in [6.45, 7) is 1.45. The lowest BCUT2D eigenvalue weighted by atomic mass is 10.1. The Hall–Kier alpha value is -2.97. The van der Waals surface area contributed by atoms with Crippen LogP contribution in [0.25, 0.3) is 0 Å². The number of nitrogens with one attached hydrogen (secondary N) is 1. The van der Waals surface area contributed by atoms with Crippen molar-refractivity contribution in [2.24, 2.45) is 0 Å². The van der Waals surface area contributed by atoms with Crippen molar-refractivity contribution >= 4 is 23.5 Å². The molecular weight excluding hydrogens is 284 g/mol. The number of hydrogen-bond donors (Lipinski definition) is 3. The lowest BCUT2D eigenvalue weighted by molar-refractivity contribution is -0.384. The summed E-state index contributed by atoms with van der Waals surface area (Å²) in [6, 6.07) is 1.88. The summed E-state index contributed by atoms with van der Waals surface area (Å²) >= 11 is 0. The molecule has 0 aromatic heterocycles. The van der Waals surface area contributed by atoms with E-state index in [0.717, 1.165) is 6.07 Å². The van der Waals surface area contributed by atoms with E-state index in [1.807, 2.05) is 0 Å². The van der Waals surface area contributed by atoms with Gasteiger partial charge in [0.25, 0.3) is 11.6 Å². The first-order valence-electron chi connectivity index (χ1n) is 5.73. The summed E-state index contributed by atoms with van der Waals surface area (Å²) in [7, 11) is 0. The molecule has 0 unspecified atom stereocenters.